The van der Waals surface area contributed by atoms with Gasteiger partial charge in [0.25, 0.3) is 0 Å². The van der Waals surface area contributed by atoms with Crippen LogP contribution in [0.5, 0.6) is 0 Å². The number of hydrogen-bond donors (Lipinski definition) is 1. The summed E-state index contributed by atoms with van der Waals surface area (Å²) in [5, 5.41) is 9.37. The minimum Gasteiger partial charge on any atom is -0.479 e. The summed E-state index contributed by atoms with van der Waals surface area (Å²) in [5.74, 6) is -0.923. The molecule has 0 amide bonds. The highest BCUT2D eigenvalue weighted by molar-refractivity contribution is 5.73. The number of carbonyl (C=O) groups is 1. The smallest absolute Gasteiger partial charge is 0.333 e. The van der Waals surface area contributed by atoms with Gasteiger partial charge in [-0.3, -0.25) is 0 Å². The Morgan fingerprint density at radius 2 is 1.67 bits per heavy atom. The van der Waals surface area contributed by atoms with Crippen molar-refractivity contribution in [2.24, 2.45) is 0 Å². The molecule has 1 atom stereocenters. The number of hydrogen-bond acceptors (Lipinski definition) is 2. The van der Waals surface area contributed by atoms with Crippen molar-refractivity contribution in [3.8, 4) is 0 Å². The van der Waals surface area contributed by atoms with E-state index in [4.69, 9.17) is 4.74 Å². The lowest BCUT2D eigenvalue weighted by atomic mass is 9.97. The number of benzene rings is 2. The minimum absolute atomic E-state index is 0.308. The summed E-state index contributed by atoms with van der Waals surface area (Å²) in [7, 11) is 0. The summed E-state index contributed by atoms with van der Waals surface area (Å²) >= 11 is 0. The standard InChI is InChI=1S/C18H20O3/c1-13-7-6-8-14(2)16(13)11-17(18(19)20)21-12-15-9-4-3-5-10-15/h3-10,17H,11-12H2,1-2H3,(H,19,20). The molecule has 110 valence electrons. The van der Waals surface area contributed by atoms with Gasteiger partial charge in [-0.15, -0.1) is 0 Å². The highest BCUT2D eigenvalue weighted by atomic mass is 16.5. The van der Waals surface area contributed by atoms with Crippen LogP contribution in [0.4, 0.5) is 0 Å². The fourth-order valence-corrected chi connectivity index (χ4v) is 2.34. The third-order valence-electron chi connectivity index (χ3n) is 3.60. The van der Waals surface area contributed by atoms with E-state index in [0.29, 0.717) is 13.0 Å². The lowest BCUT2D eigenvalue weighted by Crippen LogP contribution is -2.27. The summed E-state index contributed by atoms with van der Waals surface area (Å²) < 4.78 is 5.60. The van der Waals surface area contributed by atoms with Gasteiger partial charge in [0.1, 0.15) is 0 Å². The minimum atomic E-state index is -0.923. The Labute approximate surface area is 125 Å². The van der Waals surface area contributed by atoms with Crippen molar-refractivity contribution in [3.05, 3.63) is 70.8 Å². The van der Waals surface area contributed by atoms with Gasteiger partial charge in [0, 0.05) is 6.42 Å². The zero-order valence-corrected chi connectivity index (χ0v) is 12.4. The Hall–Kier alpha value is -2.13. The van der Waals surface area contributed by atoms with E-state index in [1.54, 1.807) is 0 Å². The Bertz CT molecular complexity index is 585. The van der Waals surface area contributed by atoms with Crippen LogP contribution in [0.2, 0.25) is 0 Å². The van der Waals surface area contributed by atoms with Crippen molar-refractivity contribution < 1.29 is 14.6 Å². The van der Waals surface area contributed by atoms with Crippen LogP contribution in [0.3, 0.4) is 0 Å². The van der Waals surface area contributed by atoms with Gasteiger partial charge in [-0.1, -0.05) is 48.5 Å². The molecular weight excluding hydrogens is 264 g/mol. The van der Waals surface area contributed by atoms with Crippen molar-refractivity contribution in [2.75, 3.05) is 0 Å². The number of carboxylic acids is 1. The summed E-state index contributed by atoms with van der Waals surface area (Å²) in [6.45, 7) is 4.31. The highest BCUT2D eigenvalue weighted by Crippen LogP contribution is 2.17. The van der Waals surface area contributed by atoms with E-state index in [1.165, 1.54) is 0 Å². The molecular formula is C18H20O3. The molecule has 1 unspecified atom stereocenters. The molecule has 0 radical (unpaired) electrons. The van der Waals surface area contributed by atoms with Crippen LogP contribution in [-0.4, -0.2) is 17.2 Å². The zero-order chi connectivity index (χ0) is 15.2. The Kier molecular flexibility index (Phi) is 5.12. The Morgan fingerprint density at radius 1 is 1.05 bits per heavy atom. The van der Waals surface area contributed by atoms with Gasteiger partial charge < -0.3 is 9.84 Å². The van der Waals surface area contributed by atoms with Crippen molar-refractivity contribution in [1.29, 1.82) is 0 Å². The molecule has 2 aromatic rings. The van der Waals surface area contributed by atoms with Gasteiger partial charge in [0.05, 0.1) is 6.61 Å². The fourth-order valence-electron chi connectivity index (χ4n) is 2.34. The molecule has 0 aliphatic rings. The van der Waals surface area contributed by atoms with Crippen LogP contribution < -0.4 is 0 Å². The molecule has 0 saturated carbocycles. The third kappa shape index (κ3) is 4.17. The first-order chi connectivity index (χ1) is 10.1. The van der Waals surface area contributed by atoms with Crippen LogP contribution >= 0.6 is 0 Å². The lowest BCUT2D eigenvalue weighted by Gasteiger charge is -2.17. The molecule has 3 nitrogen and oxygen atoms in total. The molecule has 1 N–H and O–H groups in total. The first kappa shape index (κ1) is 15.3. The molecule has 3 heteroatoms. The van der Waals surface area contributed by atoms with Gasteiger partial charge >= 0.3 is 5.97 Å². The van der Waals surface area contributed by atoms with Gasteiger partial charge in [0.2, 0.25) is 0 Å². The predicted octanol–water partition coefficient (Wildman–Crippen LogP) is 3.52. The molecule has 0 heterocycles. The lowest BCUT2D eigenvalue weighted by molar-refractivity contribution is -0.151. The van der Waals surface area contributed by atoms with E-state index in [9.17, 15) is 9.90 Å². The zero-order valence-electron chi connectivity index (χ0n) is 12.4. The molecule has 0 aliphatic carbocycles. The molecule has 0 aliphatic heterocycles. The molecule has 0 aromatic heterocycles. The maximum Gasteiger partial charge on any atom is 0.333 e. The average molecular weight is 284 g/mol. The van der Waals surface area contributed by atoms with Crippen molar-refractivity contribution in [3.63, 3.8) is 0 Å². The number of aryl methyl sites for hydroxylation is 2. The molecule has 21 heavy (non-hydrogen) atoms. The fraction of sp³-hybridized carbons (Fsp3) is 0.278. The SMILES string of the molecule is Cc1cccc(C)c1CC(OCc1ccccc1)C(=O)O. The molecule has 2 rings (SSSR count). The average Bonchev–Trinajstić information content (AvgIpc) is 2.47. The van der Waals surface area contributed by atoms with Gasteiger partial charge in [-0.2, -0.15) is 0 Å². The highest BCUT2D eigenvalue weighted by Gasteiger charge is 2.20. The first-order valence-electron chi connectivity index (χ1n) is 7.01. The summed E-state index contributed by atoms with van der Waals surface area (Å²) in [5.41, 5.74) is 4.23. The largest absolute Gasteiger partial charge is 0.479 e. The van der Waals surface area contributed by atoms with Crippen molar-refractivity contribution >= 4 is 5.97 Å². The summed E-state index contributed by atoms with van der Waals surface area (Å²) in [4.78, 5) is 11.4. The van der Waals surface area contributed by atoms with Crippen LogP contribution in [-0.2, 0) is 22.6 Å². The van der Waals surface area contributed by atoms with E-state index in [-0.39, 0.29) is 0 Å². The second-order valence-electron chi connectivity index (χ2n) is 5.20. The first-order valence-corrected chi connectivity index (χ1v) is 7.01. The second kappa shape index (κ2) is 7.04. The second-order valence-corrected chi connectivity index (χ2v) is 5.20. The predicted molar refractivity (Wildman–Crippen MR) is 82.3 cm³/mol. The third-order valence-corrected chi connectivity index (χ3v) is 3.60. The molecule has 0 bridgehead atoms. The molecule has 2 aromatic carbocycles. The van der Waals surface area contributed by atoms with Crippen LogP contribution in [0.25, 0.3) is 0 Å². The van der Waals surface area contributed by atoms with E-state index >= 15 is 0 Å². The Morgan fingerprint density at radius 3 is 2.24 bits per heavy atom. The Balaban J connectivity index is 2.08. The van der Waals surface area contributed by atoms with Gasteiger partial charge in [0.15, 0.2) is 6.10 Å². The monoisotopic (exact) mass is 284 g/mol. The topological polar surface area (TPSA) is 46.5 Å². The van der Waals surface area contributed by atoms with Gasteiger partial charge in [-0.05, 0) is 36.1 Å². The van der Waals surface area contributed by atoms with Crippen molar-refractivity contribution in [1.82, 2.24) is 0 Å². The summed E-state index contributed by atoms with van der Waals surface area (Å²) in [6, 6.07) is 15.6. The van der Waals surface area contributed by atoms with Crippen molar-refractivity contribution in [2.45, 2.75) is 33.0 Å². The van der Waals surface area contributed by atoms with E-state index in [0.717, 1.165) is 22.3 Å². The quantitative estimate of drug-likeness (QED) is 0.883. The number of ether oxygens (including phenoxy) is 1. The van der Waals surface area contributed by atoms with Crippen LogP contribution in [0.1, 0.15) is 22.3 Å². The summed E-state index contributed by atoms with van der Waals surface area (Å²) in [6.07, 6.45) is -0.439. The van der Waals surface area contributed by atoms with E-state index in [2.05, 4.69) is 0 Å². The maximum atomic E-state index is 11.4. The van der Waals surface area contributed by atoms with Crippen LogP contribution in [0.15, 0.2) is 48.5 Å². The van der Waals surface area contributed by atoms with Gasteiger partial charge in [-0.25, -0.2) is 4.79 Å². The number of carboxylic acid groups (broad SMARTS) is 1. The number of aliphatic carboxylic acids is 1. The maximum absolute atomic E-state index is 11.4. The molecule has 0 saturated heterocycles. The number of rotatable bonds is 6. The van der Waals surface area contributed by atoms with E-state index < -0.39 is 12.1 Å². The normalized spacial score (nSPS) is 12.1. The van der Waals surface area contributed by atoms with Crippen LogP contribution in [0, 0.1) is 13.8 Å². The molecule has 0 spiro atoms. The van der Waals surface area contributed by atoms with E-state index in [1.807, 2.05) is 62.4 Å². The molecule has 0 fully saturated rings.